The van der Waals surface area contributed by atoms with Crippen LogP contribution in [-0.2, 0) is 16.8 Å². The fourth-order valence-corrected chi connectivity index (χ4v) is 4.15. The van der Waals surface area contributed by atoms with Gasteiger partial charge in [-0.05, 0) is 67.8 Å². The highest BCUT2D eigenvalue weighted by Gasteiger charge is 2.34. The Balaban J connectivity index is 1.27. The van der Waals surface area contributed by atoms with Crippen LogP contribution in [0.5, 0.6) is 11.5 Å². The number of benzene rings is 2. The van der Waals surface area contributed by atoms with Gasteiger partial charge in [-0.15, -0.1) is 0 Å². The lowest BCUT2D eigenvalue weighted by Crippen LogP contribution is -2.46. The number of nitrogens with zero attached hydrogens (tertiary/aromatic N) is 2. The molecule has 1 heterocycles. The first-order chi connectivity index (χ1) is 17.5. The number of halogens is 1. The third kappa shape index (κ3) is 7.35. The Labute approximate surface area is 223 Å². The molecule has 1 aliphatic carbocycles. The van der Waals surface area contributed by atoms with E-state index in [-0.39, 0.29) is 34.5 Å². The molecule has 0 spiro atoms. The first kappa shape index (κ1) is 26.7. The Kier molecular flexibility index (Phi) is 7.93. The van der Waals surface area contributed by atoms with E-state index in [0.717, 1.165) is 17.1 Å². The molecular weight excluding hydrogens is 490 g/mol. The molecule has 196 valence electrons. The standard InChI is InChI=1S/C29H34ClN3O4/c1-28(2,3)33-27(34)37-25-14-24(15-25)36-23-12-8-21(9-13-23)29(4,5)20-6-10-22(11-7-20)35-18-19-16-31-26(30)32-17-19/h6-13,16-17,24-25H,14-15,18H2,1-5H3,(H,33,34). The van der Waals surface area contributed by atoms with E-state index in [4.69, 9.17) is 25.8 Å². The molecule has 1 saturated carbocycles. The first-order valence-electron chi connectivity index (χ1n) is 12.4. The van der Waals surface area contributed by atoms with Gasteiger partial charge in [0, 0.05) is 41.8 Å². The van der Waals surface area contributed by atoms with Crippen molar-refractivity contribution < 1.29 is 19.0 Å². The lowest BCUT2D eigenvalue weighted by Gasteiger charge is -2.35. The Morgan fingerprint density at radius 1 is 0.892 bits per heavy atom. The number of rotatable bonds is 8. The van der Waals surface area contributed by atoms with Gasteiger partial charge >= 0.3 is 6.09 Å². The van der Waals surface area contributed by atoms with Gasteiger partial charge in [-0.1, -0.05) is 38.1 Å². The molecule has 7 nitrogen and oxygen atoms in total. The Morgan fingerprint density at radius 2 is 1.43 bits per heavy atom. The lowest BCUT2D eigenvalue weighted by atomic mass is 9.78. The smallest absolute Gasteiger partial charge is 0.407 e. The number of hydrogen-bond acceptors (Lipinski definition) is 6. The molecule has 0 bridgehead atoms. The monoisotopic (exact) mass is 523 g/mol. The summed E-state index contributed by atoms with van der Waals surface area (Å²) in [6.45, 7) is 10.5. The van der Waals surface area contributed by atoms with E-state index < -0.39 is 0 Å². The molecule has 3 aromatic rings. The molecule has 1 N–H and O–H groups in total. The van der Waals surface area contributed by atoms with Crippen LogP contribution in [0.2, 0.25) is 5.28 Å². The summed E-state index contributed by atoms with van der Waals surface area (Å²) in [5, 5.41) is 3.04. The zero-order valence-electron chi connectivity index (χ0n) is 22.0. The third-order valence-corrected chi connectivity index (χ3v) is 6.53. The zero-order chi connectivity index (χ0) is 26.6. The van der Waals surface area contributed by atoms with Crippen molar-refractivity contribution >= 4 is 17.7 Å². The van der Waals surface area contributed by atoms with Crippen LogP contribution in [0.15, 0.2) is 60.9 Å². The summed E-state index contributed by atoms with van der Waals surface area (Å²) in [5.41, 5.74) is 2.70. The van der Waals surface area contributed by atoms with Crippen LogP contribution < -0.4 is 14.8 Å². The van der Waals surface area contributed by atoms with Gasteiger partial charge in [-0.25, -0.2) is 14.8 Å². The first-order valence-corrected chi connectivity index (χ1v) is 12.8. The Bertz CT molecular complexity index is 1180. The van der Waals surface area contributed by atoms with Gasteiger partial charge in [0.05, 0.1) is 0 Å². The molecule has 1 aromatic heterocycles. The fraction of sp³-hybridized carbons (Fsp3) is 0.414. The quantitative estimate of drug-likeness (QED) is 0.341. The van der Waals surface area contributed by atoms with Crippen molar-refractivity contribution in [1.82, 2.24) is 15.3 Å². The minimum atomic E-state index is -0.377. The van der Waals surface area contributed by atoms with Gasteiger partial charge < -0.3 is 19.5 Å². The molecule has 1 fully saturated rings. The molecule has 4 rings (SSSR count). The van der Waals surface area contributed by atoms with Crippen molar-refractivity contribution in [3.05, 3.63) is 82.9 Å². The van der Waals surface area contributed by atoms with Crippen LogP contribution in [0, 0.1) is 0 Å². The molecular formula is C29H34ClN3O4. The maximum atomic E-state index is 11.9. The van der Waals surface area contributed by atoms with Gasteiger partial charge in [0.25, 0.3) is 0 Å². The van der Waals surface area contributed by atoms with Crippen molar-refractivity contribution in [3.8, 4) is 11.5 Å². The minimum absolute atomic E-state index is 0.0540. The number of hydrogen-bond donors (Lipinski definition) is 1. The molecule has 8 heteroatoms. The van der Waals surface area contributed by atoms with Crippen molar-refractivity contribution in [3.63, 3.8) is 0 Å². The van der Waals surface area contributed by atoms with Crippen LogP contribution in [-0.4, -0.2) is 33.8 Å². The summed E-state index contributed by atoms with van der Waals surface area (Å²) < 4.78 is 17.4. The second-order valence-electron chi connectivity index (χ2n) is 10.9. The van der Waals surface area contributed by atoms with E-state index in [0.29, 0.717) is 19.4 Å². The van der Waals surface area contributed by atoms with E-state index in [2.05, 4.69) is 53.4 Å². The molecule has 1 aliphatic rings. The van der Waals surface area contributed by atoms with Crippen molar-refractivity contribution in [2.45, 2.75) is 77.2 Å². The normalized spacial score (nSPS) is 17.5. The molecule has 37 heavy (non-hydrogen) atoms. The summed E-state index contributed by atoms with van der Waals surface area (Å²) in [7, 11) is 0. The number of carbonyl (C=O) groups is 1. The van der Waals surface area contributed by atoms with Crippen LogP contribution in [0.3, 0.4) is 0 Å². The Hall–Kier alpha value is -3.32. The van der Waals surface area contributed by atoms with Gasteiger partial charge in [-0.3, -0.25) is 0 Å². The number of alkyl carbamates (subject to hydrolysis) is 1. The summed E-state index contributed by atoms with van der Waals surface area (Å²) in [6, 6.07) is 16.3. The van der Waals surface area contributed by atoms with E-state index in [9.17, 15) is 4.79 Å². The largest absolute Gasteiger partial charge is 0.490 e. The fourth-order valence-electron chi connectivity index (χ4n) is 4.05. The van der Waals surface area contributed by atoms with Crippen LogP contribution in [0.1, 0.15) is 64.2 Å². The minimum Gasteiger partial charge on any atom is -0.490 e. The van der Waals surface area contributed by atoms with E-state index in [1.165, 1.54) is 11.1 Å². The molecule has 0 aliphatic heterocycles. The second kappa shape index (κ2) is 11.0. The van der Waals surface area contributed by atoms with Gasteiger partial charge in [0.1, 0.15) is 30.3 Å². The average Bonchev–Trinajstić information content (AvgIpc) is 2.82. The maximum absolute atomic E-state index is 11.9. The highest BCUT2D eigenvalue weighted by atomic mass is 35.5. The molecule has 0 radical (unpaired) electrons. The van der Waals surface area contributed by atoms with Crippen LogP contribution in [0.4, 0.5) is 4.79 Å². The van der Waals surface area contributed by atoms with Gasteiger partial charge in [-0.2, -0.15) is 0 Å². The summed E-state index contributed by atoms with van der Waals surface area (Å²) in [6.07, 6.45) is 4.29. The van der Waals surface area contributed by atoms with E-state index in [1.54, 1.807) is 12.4 Å². The molecule has 0 saturated heterocycles. The predicted molar refractivity (Wildman–Crippen MR) is 143 cm³/mol. The molecule has 0 unspecified atom stereocenters. The maximum Gasteiger partial charge on any atom is 0.407 e. The van der Waals surface area contributed by atoms with Gasteiger partial charge in [0.15, 0.2) is 0 Å². The number of amides is 1. The van der Waals surface area contributed by atoms with E-state index >= 15 is 0 Å². The number of nitrogens with one attached hydrogen (secondary N) is 1. The summed E-state index contributed by atoms with van der Waals surface area (Å²) >= 11 is 5.73. The SMILES string of the molecule is CC(C)(C)NC(=O)OC1CC(Oc2ccc(C(C)(C)c3ccc(OCc4cnc(Cl)nc4)cc3)cc2)C1. The zero-order valence-corrected chi connectivity index (χ0v) is 22.7. The van der Waals surface area contributed by atoms with Crippen LogP contribution in [0.25, 0.3) is 0 Å². The van der Waals surface area contributed by atoms with Crippen LogP contribution >= 0.6 is 11.6 Å². The molecule has 2 aromatic carbocycles. The highest BCUT2D eigenvalue weighted by Crippen LogP contribution is 2.34. The number of ether oxygens (including phenoxy) is 3. The van der Waals surface area contributed by atoms with Gasteiger partial charge in [0.2, 0.25) is 5.28 Å². The number of carbonyl (C=O) groups excluding carboxylic acids is 1. The van der Waals surface area contributed by atoms with Crippen molar-refractivity contribution in [2.24, 2.45) is 0 Å². The Morgan fingerprint density at radius 3 is 1.97 bits per heavy atom. The summed E-state index contributed by atoms with van der Waals surface area (Å²) in [5.74, 6) is 1.59. The average molecular weight is 524 g/mol. The molecule has 1 amide bonds. The van der Waals surface area contributed by atoms with Crippen molar-refractivity contribution in [2.75, 3.05) is 0 Å². The topological polar surface area (TPSA) is 82.6 Å². The highest BCUT2D eigenvalue weighted by molar-refractivity contribution is 6.28. The lowest BCUT2D eigenvalue weighted by molar-refractivity contribution is -0.0243. The molecule has 0 atom stereocenters. The van der Waals surface area contributed by atoms with E-state index in [1.807, 2.05) is 45.0 Å². The summed E-state index contributed by atoms with van der Waals surface area (Å²) in [4.78, 5) is 19.8. The number of aromatic nitrogens is 2. The predicted octanol–water partition coefficient (Wildman–Crippen LogP) is 6.47. The van der Waals surface area contributed by atoms with Crippen molar-refractivity contribution in [1.29, 1.82) is 0 Å². The third-order valence-electron chi connectivity index (χ3n) is 6.34. The second-order valence-corrected chi connectivity index (χ2v) is 11.3.